The van der Waals surface area contributed by atoms with Crippen molar-refractivity contribution in [1.82, 2.24) is 19.6 Å². The summed E-state index contributed by atoms with van der Waals surface area (Å²) >= 11 is 12.6. The standard InChI is InChI=1S/C27H27NO4.C26H25Cl2NO5.2C25H25NO4/c1-30-22-12-9-19(10-13-22)11-14-24-23-18-26(32-3)25(31-2)17-21(23)15-16-28(24)27(29)20-7-5-4-6-8-20;1-31-17-7-9-18(10-8-17)34-15-22-20-14-24(33-3)23(32-2)13-16(20)11-12-29(22)26(30)19-5-4-6-21(27)25(19)28;1-28-20-8-10-21(11-9-20)30-17-24-23-13-12-22(29-2)16-19(23)14-15-26(24)25(27)18-6-4-3-5-7-18;1-28-20-10-12-21(13-11-20)30-17-24-23-16-22(29-2)9-8-18(23)14-15-26(24)25(27)19-6-4-3-5-7-19/h4-14,17-18,24H,15-16H2,1-3H3;4-10,13-14,22H,11-12,15H2,1-3H3;2*3-13,16,24H,14-15,17H2,1-2H3/b14-11+;;;. The van der Waals surface area contributed by atoms with Crippen molar-refractivity contribution < 1.29 is 80.8 Å². The van der Waals surface area contributed by atoms with E-state index in [0.717, 1.165) is 104 Å². The minimum atomic E-state index is -0.381. The van der Waals surface area contributed by atoms with Crippen molar-refractivity contribution in [3.8, 4) is 74.7 Å². The Labute approximate surface area is 745 Å². The van der Waals surface area contributed by atoms with Gasteiger partial charge in [-0.15, -0.1) is 0 Å². The molecule has 126 heavy (non-hydrogen) atoms. The molecule has 16 rings (SSSR count). The molecular formula is C103H102Cl2N4O17. The highest BCUT2D eigenvalue weighted by atomic mass is 35.5. The summed E-state index contributed by atoms with van der Waals surface area (Å²) in [6.07, 6.45) is 7.11. The molecule has 4 heterocycles. The van der Waals surface area contributed by atoms with Gasteiger partial charge in [-0.1, -0.05) is 120 Å². The SMILES string of the molecule is COc1ccc(/C=C/C2c3cc(OC)c(OC)cc3CCN2C(=O)c2ccccc2)cc1.COc1ccc(OCC2c3cc(OC)c(OC)cc3CCN2C(=O)c2cccc(Cl)c2Cl)cc1.COc1ccc(OCC2c3cc(OC)ccc3CCN2C(=O)c2ccccc2)cc1.COc1ccc(OCC2c3ccc(OC)cc3CCN2C(=O)c2ccccc2)cc1. The Morgan fingerprint density at radius 1 is 0.302 bits per heavy atom. The Hall–Kier alpha value is -13.8. The maximum atomic E-state index is 13.6. The van der Waals surface area contributed by atoms with E-state index in [9.17, 15) is 19.2 Å². The van der Waals surface area contributed by atoms with Gasteiger partial charge in [0.1, 0.15) is 71.6 Å². The van der Waals surface area contributed by atoms with Crippen molar-refractivity contribution in [2.24, 2.45) is 0 Å². The second kappa shape index (κ2) is 43.5. The van der Waals surface area contributed by atoms with Gasteiger partial charge >= 0.3 is 0 Å². The number of benzene rings is 12. The lowest BCUT2D eigenvalue weighted by Crippen LogP contribution is -2.42. The number of halogens is 2. The number of hydrogen-bond donors (Lipinski definition) is 0. The van der Waals surface area contributed by atoms with Crippen molar-refractivity contribution in [2.75, 3.05) is 117 Å². The summed E-state index contributed by atoms with van der Waals surface area (Å²) in [6.45, 7) is 3.33. The van der Waals surface area contributed by atoms with Gasteiger partial charge in [-0.25, -0.2) is 0 Å². The first-order valence-electron chi connectivity index (χ1n) is 41.3. The molecule has 4 atom stereocenters. The molecule has 4 unspecified atom stereocenters. The van der Waals surface area contributed by atoms with E-state index in [0.29, 0.717) is 102 Å². The van der Waals surface area contributed by atoms with Gasteiger partial charge < -0.3 is 81.2 Å². The number of carbonyl (C=O) groups is 4. The molecule has 21 nitrogen and oxygen atoms in total. The average Bonchev–Trinajstić information content (AvgIpc) is 0.787. The number of carbonyl (C=O) groups excluding carboxylic acids is 4. The zero-order valence-electron chi connectivity index (χ0n) is 72.1. The van der Waals surface area contributed by atoms with Crippen LogP contribution in [0.5, 0.6) is 74.7 Å². The Kier molecular flexibility index (Phi) is 31.1. The third kappa shape index (κ3) is 21.7. The Morgan fingerprint density at radius 2 is 0.635 bits per heavy atom. The lowest BCUT2D eigenvalue weighted by Gasteiger charge is -2.38. The maximum Gasteiger partial charge on any atom is 0.256 e. The molecule has 0 saturated heterocycles. The largest absolute Gasteiger partial charge is 0.497 e. The molecule has 0 radical (unpaired) electrons. The lowest BCUT2D eigenvalue weighted by atomic mass is 9.90. The van der Waals surface area contributed by atoms with Crippen LogP contribution in [0.4, 0.5) is 0 Å². The molecule has 4 amide bonds. The van der Waals surface area contributed by atoms with Crippen molar-refractivity contribution in [1.29, 1.82) is 0 Å². The molecule has 0 spiro atoms. The first-order chi connectivity index (χ1) is 61.5. The van der Waals surface area contributed by atoms with Crippen LogP contribution in [-0.2, 0) is 25.7 Å². The van der Waals surface area contributed by atoms with E-state index in [1.54, 1.807) is 94.2 Å². The normalized spacial score (nSPS) is 15.2. The van der Waals surface area contributed by atoms with Crippen LogP contribution in [0, 0.1) is 0 Å². The molecule has 0 aliphatic carbocycles. The molecule has 0 fully saturated rings. The second-order valence-corrected chi connectivity index (χ2v) is 30.5. The molecule has 12 aromatic rings. The summed E-state index contributed by atoms with van der Waals surface area (Å²) in [5.41, 5.74) is 12.2. The van der Waals surface area contributed by atoms with Gasteiger partial charge in [0.2, 0.25) is 0 Å². The number of fused-ring (bicyclic) bond motifs is 4. The minimum absolute atomic E-state index is 0.00685. The van der Waals surface area contributed by atoms with Gasteiger partial charge in [0.05, 0.1) is 111 Å². The monoisotopic (exact) mass is 1740 g/mol. The molecule has 650 valence electrons. The van der Waals surface area contributed by atoms with Gasteiger partial charge in [0.25, 0.3) is 23.6 Å². The summed E-state index contributed by atoms with van der Waals surface area (Å²) in [5, 5.41) is 0.574. The molecule has 4 aliphatic heterocycles. The van der Waals surface area contributed by atoms with E-state index >= 15 is 0 Å². The molecule has 0 N–H and O–H groups in total. The van der Waals surface area contributed by atoms with E-state index < -0.39 is 0 Å². The Balaban J connectivity index is 0.000000144. The van der Waals surface area contributed by atoms with Gasteiger partial charge in [-0.3, -0.25) is 19.2 Å². The topological polar surface area (TPSA) is 201 Å². The Bertz CT molecular complexity index is 5690. The summed E-state index contributed by atoms with van der Waals surface area (Å²) in [6, 6.07) is 82.3. The fraction of sp³-hybridized carbons (Fsp3) is 0.243. The first kappa shape index (κ1) is 90.0. The highest BCUT2D eigenvalue weighted by Gasteiger charge is 2.38. The van der Waals surface area contributed by atoms with Crippen LogP contribution < -0.4 is 61.6 Å². The number of rotatable bonds is 25. The number of hydrogen-bond acceptors (Lipinski definition) is 17. The molecule has 0 aromatic heterocycles. The fourth-order valence-electron chi connectivity index (χ4n) is 15.8. The predicted molar refractivity (Wildman–Crippen MR) is 488 cm³/mol. The Morgan fingerprint density at radius 3 is 1.07 bits per heavy atom. The summed E-state index contributed by atoms with van der Waals surface area (Å²) in [4.78, 5) is 61.1. The van der Waals surface area contributed by atoms with Crippen LogP contribution in [0.1, 0.15) is 116 Å². The van der Waals surface area contributed by atoms with Crippen LogP contribution in [0.25, 0.3) is 6.08 Å². The predicted octanol–water partition coefficient (Wildman–Crippen LogP) is 20.0. The zero-order valence-corrected chi connectivity index (χ0v) is 73.6. The molecule has 12 aromatic carbocycles. The van der Waals surface area contributed by atoms with Gasteiger partial charge in [0, 0.05) is 42.9 Å². The number of nitrogens with zero attached hydrogens (tertiary/aromatic N) is 4. The van der Waals surface area contributed by atoms with E-state index in [4.69, 9.17) is 84.8 Å². The summed E-state index contributed by atoms with van der Waals surface area (Å²) < 4.78 is 72.1. The van der Waals surface area contributed by atoms with Crippen molar-refractivity contribution in [2.45, 2.75) is 49.9 Å². The highest BCUT2D eigenvalue weighted by Crippen LogP contribution is 2.44. The smallest absolute Gasteiger partial charge is 0.256 e. The lowest BCUT2D eigenvalue weighted by molar-refractivity contribution is 0.0583. The third-order valence-electron chi connectivity index (χ3n) is 22.6. The molecule has 23 heteroatoms. The van der Waals surface area contributed by atoms with Crippen LogP contribution in [0.2, 0.25) is 10.0 Å². The van der Waals surface area contributed by atoms with Crippen molar-refractivity contribution in [3.05, 3.63) is 355 Å². The second-order valence-electron chi connectivity index (χ2n) is 29.7. The van der Waals surface area contributed by atoms with E-state index in [1.165, 1.54) is 11.1 Å². The van der Waals surface area contributed by atoms with E-state index in [-0.39, 0.29) is 59.4 Å². The van der Waals surface area contributed by atoms with Crippen LogP contribution >= 0.6 is 23.2 Å². The number of methoxy groups -OCH3 is 10. The average molecular weight is 1740 g/mol. The summed E-state index contributed by atoms with van der Waals surface area (Å²) in [7, 11) is 16.3. The summed E-state index contributed by atoms with van der Waals surface area (Å²) in [5.74, 6) is 9.25. The quantitative estimate of drug-likeness (QED) is 0.0522. The van der Waals surface area contributed by atoms with Crippen LogP contribution in [-0.4, -0.2) is 160 Å². The van der Waals surface area contributed by atoms with E-state index in [1.807, 2.05) is 257 Å². The highest BCUT2D eigenvalue weighted by molar-refractivity contribution is 6.43. The van der Waals surface area contributed by atoms with Crippen LogP contribution in [0.3, 0.4) is 0 Å². The van der Waals surface area contributed by atoms with Gasteiger partial charge in [-0.05, 0) is 258 Å². The van der Waals surface area contributed by atoms with Gasteiger partial charge in [-0.2, -0.15) is 0 Å². The maximum absolute atomic E-state index is 13.6. The van der Waals surface area contributed by atoms with E-state index in [2.05, 4.69) is 18.2 Å². The van der Waals surface area contributed by atoms with Crippen molar-refractivity contribution >= 4 is 52.9 Å². The third-order valence-corrected chi connectivity index (χ3v) is 23.4. The fourth-order valence-corrected chi connectivity index (χ4v) is 16.2. The molecule has 0 bridgehead atoms. The minimum Gasteiger partial charge on any atom is -0.497 e. The molecule has 4 aliphatic rings. The molecular weight excluding hydrogens is 1640 g/mol. The number of ether oxygens (including phenoxy) is 13. The number of amides is 4. The first-order valence-corrected chi connectivity index (χ1v) is 42.0. The zero-order chi connectivity index (χ0) is 88.6. The van der Waals surface area contributed by atoms with Crippen molar-refractivity contribution in [3.63, 3.8) is 0 Å². The van der Waals surface area contributed by atoms with Crippen LogP contribution in [0.15, 0.2) is 273 Å². The molecule has 0 saturated carbocycles. The van der Waals surface area contributed by atoms with Gasteiger partial charge in [0.15, 0.2) is 23.0 Å².